The van der Waals surface area contributed by atoms with Crippen LogP contribution in [-0.4, -0.2) is 12.8 Å². The predicted molar refractivity (Wildman–Crippen MR) is 58.4 cm³/mol. The zero-order valence-corrected chi connectivity index (χ0v) is 8.79. The summed E-state index contributed by atoms with van der Waals surface area (Å²) in [6, 6.07) is 6.14. The molecule has 1 aromatic carbocycles. The molecule has 0 radical (unpaired) electrons. The van der Waals surface area contributed by atoms with Crippen LogP contribution >= 0.6 is 0 Å². The van der Waals surface area contributed by atoms with Crippen molar-refractivity contribution in [3.05, 3.63) is 34.9 Å². The topological polar surface area (TPSA) is 43.1 Å². The summed E-state index contributed by atoms with van der Waals surface area (Å²) in [5.41, 5.74) is 9.01. The molecule has 2 N–H and O–H groups in total. The molecule has 0 saturated carbocycles. The van der Waals surface area contributed by atoms with E-state index in [-0.39, 0.29) is 5.92 Å². The van der Waals surface area contributed by atoms with Crippen molar-refractivity contribution in [2.24, 2.45) is 5.73 Å². The average Bonchev–Trinajstić information content (AvgIpc) is 2.19. The van der Waals surface area contributed by atoms with Crippen LogP contribution in [0.2, 0.25) is 0 Å². The van der Waals surface area contributed by atoms with Gasteiger partial charge in [0.2, 0.25) is 0 Å². The van der Waals surface area contributed by atoms with E-state index in [2.05, 4.69) is 26.0 Å². The predicted octanol–water partition coefficient (Wildman–Crippen LogP) is 1.93. The van der Waals surface area contributed by atoms with Crippen molar-refractivity contribution in [3.8, 4) is 0 Å². The fourth-order valence-electron chi connectivity index (χ4n) is 1.49. The minimum Gasteiger partial charge on any atom is -0.330 e. The quantitative estimate of drug-likeness (QED) is 0.739. The molecule has 0 aromatic heterocycles. The molecular weight excluding hydrogens is 174 g/mol. The molecular formula is C12H17NO. The molecule has 0 aliphatic heterocycles. The van der Waals surface area contributed by atoms with Crippen molar-refractivity contribution in [2.45, 2.75) is 26.2 Å². The molecule has 0 aliphatic rings. The maximum Gasteiger partial charge on any atom is 0.127 e. The molecule has 1 rings (SSSR count). The van der Waals surface area contributed by atoms with E-state index >= 15 is 0 Å². The highest BCUT2D eigenvalue weighted by atomic mass is 16.1. The molecule has 0 bridgehead atoms. The van der Waals surface area contributed by atoms with Crippen LogP contribution in [0.4, 0.5) is 0 Å². The van der Waals surface area contributed by atoms with Gasteiger partial charge in [-0.25, -0.2) is 0 Å². The van der Waals surface area contributed by atoms with E-state index in [4.69, 9.17) is 5.73 Å². The number of hydrogen-bond donors (Lipinski definition) is 1. The standard InChI is InChI=1S/C12H17NO/c1-9-3-4-11(7-10(9)2)12(8-14)5-6-13/h3-4,7-8,12H,5-6,13H2,1-2H3. The molecule has 0 aliphatic carbocycles. The van der Waals surface area contributed by atoms with Gasteiger partial charge in [-0.2, -0.15) is 0 Å². The second kappa shape index (κ2) is 4.91. The Hall–Kier alpha value is -1.15. The molecule has 0 spiro atoms. The first-order chi connectivity index (χ1) is 6.69. The molecule has 0 amide bonds. The average molecular weight is 191 g/mol. The minimum absolute atomic E-state index is 0.0423. The van der Waals surface area contributed by atoms with E-state index < -0.39 is 0 Å². The summed E-state index contributed by atoms with van der Waals surface area (Å²) < 4.78 is 0. The maximum absolute atomic E-state index is 10.8. The van der Waals surface area contributed by atoms with Crippen molar-refractivity contribution in [2.75, 3.05) is 6.54 Å². The number of benzene rings is 1. The van der Waals surface area contributed by atoms with Crippen LogP contribution in [0.15, 0.2) is 18.2 Å². The Labute approximate surface area is 85.1 Å². The zero-order valence-electron chi connectivity index (χ0n) is 8.79. The number of aryl methyl sites for hydroxylation is 2. The molecule has 0 heterocycles. The van der Waals surface area contributed by atoms with Gasteiger partial charge >= 0.3 is 0 Å². The summed E-state index contributed by atoms with van der Waals surface area (Å²) in [6.07, 6.45) is 1.71. The first-order valence-corrected chi connectivity index (χ1v) is 4.91. The first kappa shape index (κ1) is 10.9. The van der Waals surface area contributed by atoms with Gasteiger partial charge < -0.3 is 10.5 Å². The summed E-state index contributed by atoms with van der Waals surface area (Å²) >= 11 is 0. The van der Waals surface area contributed by atoms with Gasteiger partial charge in [0.15, 0.2) is 0 Å². The summed E-state index contributed by atoms with van der Waals surface area (Å²) in [7, 11) is 0. The Morgan fingerprint density at radius 3 is 2.57 bits per heavy atom. The van der Waals surface area contributed by atoms with E-state index in [1.54, 1.807) is 0 Å². The number of carbonyl (C=O) groups is 1. The largest absolute Gasteiger partial charge is 0.330 e. The lowest BCUT2D eigenvalue weighted by Crippen LogP contribution is -2.08. The van der Waals surface area contributed by atoms with E-state index in [1.165, 1.54) is 11.1 Å². The Kier molecular flexibility index (Phi) is 3.84. The molecule has 2 heteroatoms. The third kappa shape index (κ3) is 2.42. The molecule has 0 saturated heterocycles. The Morgan fingerprint density at radius 2 is 2.07 bits per heavy atom. The van der Waals surface area contributed by atoms with Gasteiger partial charge in [-0.05, 0) is 43.5 Å². The second-order valence-electron chi connectivity index (χ2n) is 3.66. The van der Waals surface area contributed by atoms with Crippen molar-refractivity contribution < 1.29 is 4.79 Å². The Balaban J connectivity index is 2.93. The minimum atomic E-state index is -0.0423. The van der Waals surface area contributed by atoms with Crippen LogP contribution in [-0.2, 0) is 4.79 Å². The van der Waals surface area contributed by atoms with Gasteiger partial charge in [-0.3, -0.25) is 0 Å². The smallest absolute Gasteiger partial charge is 0.127 e. The number of hydrogen-bond acceptors (Lipinski definition) is 2. The van der Waals surface area contributed by atoms with Crippen LogP contribution < -0.4 is 5.73 Å². The lowest BCUT2D eigenvalue weighted by molar-refractivity contribution is -0.109. The molecule has 1 atom stereocenters. The van der Waals surface area contributed by atoms with Gasteiger partial charge in [0.1, 0.15) is 6.29 Å². The highest BCUT2D eigenvalue weighted by Crippen LogP contribution is 2.19. The number of nitrogens with two attached hydrogens (primary N) is 1. The van der Waals surface area contributed by atoms with E-state index in [9.17, 15) is 4.79 Å². The third-order valence-electron chi connectivity index (χ3n) is 2.60. The van der Waals surface area contributed by atoms with E-state index in [1.807, 2.05) is 6.07 Å². The van der Waals surface area contributed by atoms with Gasteiger partial charge in [-0.15, -0.1) is 0 Å². The van der Waals surface area contributed by atoms with Crippen molar-refractivity contribution in [3.63, 3.8) is 0 Å². The summed E-state index contributed by atoms with van der Waals surface area (Å²) in [5, 5.41) is 0. The van der Waals surface area contributed by atoms with Crippen LogP contribution in [0.5, 0.6) is 0 Å². The summed E-state index contributed by atoms with van der Waals surface area (Å²) in [5.74, 6) is -0.0423. The molecule has 14 heavy (non-hydrogen) atoms. The number of aldehydes is 1. The third-order valence-corrected chi connectivity index (χ3v) is 2.60. The van der Waals surface area contributed by atoms with Gasteiger partial charge in [0.25, 0.3) is 0 Å². The molecule has 2 nitrogen and oxygen atoms in total. The monoisotopic (exact) mass is 191 g/mol. The highest BCUT2D eigenvalue weighted by Gasteiger charge is 2.09. The Morgan fingerprint density at radius 1 is 1.36 bits per heavy atom. The summed E-state index contributed by atoms with van der Waals surface area (Å²) in [4.78, 5) is 10.8. The summed E-state index contributed by atoms with van der Waals surface area (Å²) in [6.45, 7) is 4.68. The molecule has 1 unspecified atom stereocenters. The highest BCUT2D eigenvalue weighted by molar-refractivity contribution is 5.62. The lowest BCUT2D eigenvalue weighted by atomic mass is 9.94. The Bertz CT molecular complexity index is 320. The van der Waals surface area contributed by atoms with Crippen molar-refractivity contribution in [1.29, 1.82) is 0 Å². The fourth-order valence-corrected chi connectivity index (χ4v) is 1.49. The van der Waals surface area contributed by atoms with Crippen LogP contribution in [0.3, 0.4) is 0 Å². The van der Waals surface area contributed by atoms with E-state index in [0.717, 1.165) is 18.3 Å². The van der Waals surface area contributed by atoms with Crippen LogP contribution in [0, 0.1) is 13.8 Å². The first-order valence-electron chi connectivity index (χ1n) is 4.91. The van der Waals surface area contributed by atoms with Crippen molar-refractivity contribution >= 4 is 6.29 Å². The molecule has 0 fully saturated rings. The fraction of sp³-hybridized carbons (Fsp3) is 0.417. The SMILES string of the molecule is Cc1ccc(C(C=O)CCN)cc1C. The molecule has 76 valence electrons. The van der Waals surface area contributed by atoms with Crippen LogP contribution in [0.1, 0.15) is 29.0 Å². The number of carbonyl (C=O) groups excluding carboxylic acids is 1. The molecule has 1 aromatic rings. The number of rotatable bonds is 4. The lowest BCUT2D eigenvalue weighted by Gasteiger charge is -2.11. The maximum atomic E-state index is 10.8. The van der Waals surface area contributed by atoms with Crippen molar-refractivity contribution in [1.82, 2.24) is 0 Å². The normalized spacial score (nSPS) is 12.5. The van der Waals surface area contributed by atoms with Crippen LogP contribution in [0.25, 0.3) is 0 Å². The van der Waals surface area contributed by atoms with Gasteiger partial charge in [0, 0.05) is 5.92 Å². The second-order valence-corrected chi connectivity index (χ2v) is 3.66. The van der Waals surface area contributed by atoms with Gasteiger partial charge in [0.05, 0.1) is 0 Å². The zero-order chi connectivity index (χ0) is 10.6. The van der Waals surface area contributed by atoms with E-state index in [0.29, 0.717) is 6.54 Å². The van der Waals surface area contributed by atoms with Gasteiger partial charge in [-0.1, -0.05) is 18.2 Å².